The molecule has 0 heterocycles. The molecule has 2 nitrogen and oxygen atoms in total. The molecule has 0 saturated heterocycles. The minimum absolute atomic E-state index is 0.0269. The fourth-order valence-electron chi connectivity index (χ4n) is 1.66. The van der Waals surface area contributed by atoms with Crippen molar-refractivity contribution in [3.8, 4) is 0 Å². The van der Waals surface area contributed by atoms with Crippen molar-refractivity contribution in [1.29, 1.82) is 0 Å². The number of anilines is 1. The molecule has 0 aliphatic heterocycles. The molecule has 19 heavy (non-hydrogen) atoms. The molecule has 2 aromatic carbocycles. The Morgan fingerprint density at radius 1 is 1.16 bits per heavy atom. The smallest absolute Gasteiger partial charge is 0.135 e. The first kappa shape index (κ1) is 13.8. The van der Waals surface area contributed by atoms with Crippen molar-refractivity contribution in [1.82, 2.24) is 5.43 Å². The maximum Gasteiger partial charge on any atom is 0.135 e. The van der Waals surface area contributed by atoms with E-state index in [2.05, 4.69) is 10.9 Å². The van der Waals surface area contributed by atoms with Gasteiger partial charge >= 0.3 is 0 Å². The fourth-order valence-corrected chi connectivity index (χ4v) is 1.91. The van der Waals surface area contributed by atoms with Crippen LogP contribution in [0.4, 0.5) is 14.5 Å². The number of hydrazine groups is 1. The van der Waals surface area contributed by atoms with Crippen molar-refractivity contribution < 1.29 is 8.78 Å². The Morgan fingerprint density at radius 2 is 1.84 bits per heavy atom. The van der Waals surface area contributed by atoms with Crippen LogP contribution in [0.3, 0.4) is 0 Å². The van der Waals surface area contributed by atoms with E-state index < -0.39 is 11.6 Å². The highest BCUT2D eigenvalue weighted by Gasteiger charge is 2.14. The standard InChI is InChI=1S/C14H13ClF2N2/c1-9-13(16)7-12(15)11(14(9)17)8-18-19-10-5-3-2-4-6-10/h2-7,18-19H,8H2,1H3. The lowest BCUT2D eigenvalue weighted by molar-refractivity contribution is 0.552. The maximum absolute atomic E-state index is 13.9. The topological polar surface area (TPSA) is 24.1 Å². The lowest BCUT2D eigenvalue weighted by atomic mass is 10.1. The molecule has 100 valence electrons. The average Bonchev–Trinajstić information content (AvgIpc) is 2.41. The van der Waals surface area contributed by atoms with Crippen LogP contribution in [0.5, 0.6) is 0 Å². The predicted molar refractivity (Wildman–Crippen MR) is 73.0 cm³/mol. The predicted octanol–water partition coefficient (Wildman–Crippen LogP) is 4.04. The zero-order valence-corrected chi connectivity index (χ0v) is 11.1. The number of hydrogen-bond donors (Lipinski definition) is 2. The van der Waals surface area contributed by atoms with Crippen LogP contribution in [0.1, 0.15) is 11.1 Å². The first-order valence-electron chi connectivity index (χ1n) is 5.76. The highest BCUT2D eigenvalue weighted by molar-refractivity contribution is 6.31. The third-order valence-electron chi connectivity index (χ3n) is 2.77. The molecular weight excluding hydrogens is 270 g/mol. The van der Waals surface area contributed by atoms with Crippen molar-refractivity contribution in [2.24, 2.45) is 0 Å². The quantitative estimate of drug-likeness (QED) is 0.827. The van der Waals surface area contributed by atoms with Gasteiger partial charge in [0.25, 0.3) is 0 Å². The molecule has 0 fully saturated rings. The summed E-state index contributed by atoms with van der Waals surface area (Å²) in [7, 11) is 0. The van der Waals surface area contributed by atoms with Crippen molar-refractivity contribution in [2.75, 3.05) is 5.43 Å². The Bertz CT molecular complexity index is 573. The Balaban J connectivity index is 2.06. The average molecular weight is 283 g/mol. The number of rotatable bonds is 4. The molecule has 0 spiro atoms. The first-order valence-corrected chi connectivity index (χ1v) is 6.14. The summed E-state index contributed by atoms with van der Waals surface area (Å²) < 4.78 is 27.1. The van der Waals surface area contributed by atoms with E-state index in [9.17, 15) is 8.78 Å². The van der Waals surface area contributed by atoms with Crippen LogP contribution in [0.2, 0.25) is 5.02 Å². The summed E-state index contributed by atoms with van der Waals surface area (Å²) in [6.07, 6.45) is 0. The number of hydrogen-bond acceptors (Lipinski definition) is 2. The summed E-state index contributed by atoms with van der Waals surface area (Å²) in [4.78, 5) is 0. The summed E-state index contributed by atoms with van der Waals surface area (Å²) in [6.45, 7) is 1.54. The Kier molecular flexibility index (Phi) is 4.35. The minimum atomic E-state index is -0.637. The van der Waals surface area contributed by atoms with Crippen LogP contribution < -0.4 is 10.9 Å². The molecule has 0 aliphatic rings. The third-order valence-corrected chi connectivity index (χ3v) is 3.10. The van der Waals surface area contributed by atoms with Gasteiger partial charge < -0.3 is 5.43 Å². The number of para-hydroxylation sites is 1. The van der Waals surface area contributed by atoms with E-state index in [-0.39, 0.29) is 22.7 Å². The summed E-state index contributed by atoms with van der Waals surface area (Å²) in [5, 5.41) is 0.0722. The van der Waals surface area contributed by atoms with Gasteiger partial charge in [0.2, 0.25) is 0 Å². The van der Waals surface area contributed by atoms with Crippen molar-refractivity contribution in [3.05, 3.63) is 64.2 Å². The zero-order valence-electron chi connectivity index (χ0n) is 10.3. The van der Waals surface area contributed by atoms with Gasteiger partial charge in [-0.3, -0.25) is 0 Å². The molecule has 0 atom stereocenters. The van der Waals surface area contributed by atoms with Crippen LogP contribution in [-0.2, 0) is 6.54 Å². The molecule has 0 radical (unpaired) electrons. The van der Waals surface area contributed by atoms with Crippen LogP contribution in [0.15, 0.2) is 36.4 Å². The molecule has 0 aromatic heterocycles. The van der Waals surface area contributed by atoms with Crippen molar-refractivity contribution in [2.45, 2.75) is 13.5 Å². The van der Waals surface area contributed by atoms with Crippen molar-refractivity contribution >= 4 is 17.3 Å². The van der Waals surface area contributed by atoms with E-state index in [1.54, 1.807) is 0 Å². The van der Waals surface area contributed by atoms with E-state index in [0.29, 0.717) is 0 Å². The molecule has 0 bridgehead atoms. The fraction of sp³-hybridized carbons (Fsp3) is 0.143. The van der Waals surface area contributed by atoms with Gasteiger partial charge in [-0.2, -0.15) is 0 Å². The SMILES string of the molecule is Cc1c(F)cc(Cl)c(CNNc2ccccc2)c1F. The van der Waals surface area contributed by atoms with E-state index in [1.165, 1.54) is 6.92 Å². The lowest BCUT2D eigenvalue weighted by Crippen LogP contribution is -2.22. The van der Waals surface area contributed by atoms with E-state index in [0.717, 1.165) is 11.8 Å². The van der Waals surface area contributed by atoms with Gasteiger partial charge in [-0.25, -0.2) is 14.2 Å². The van der Waals surface area contributed by atoms with Crippen LogP contribution >= 0.6 is 11.6 Å². The molecular formula is C14H13ClF2N2. The van der Waals surface area contributed by atoms with Gasteiger partial charge in [-0.05, 0) is 25.1 Å². The monoisotopic (exact) mass is 282 g/mol. The number of benzene rings is 2. The molecule has 0 unspecified atom stereocenters. The zero-order chi connectivity index (χ0) is 13.8. The highest BCUT2D eigenvalue weighted by atomic mass is 35.5. The summed E-state index contributed by atoms with van der Waals surface area (Å²) >= 11 is 5.84. The summed E-state index contributed by atoms with van der Waals surface area (Å²) in [5.74, 6) is -1.25. The molecule has 5 heteroatoms. The first-order chi connectivity index (χ1) is 9.09. The van der Waals surface area contributed by atoms with Gasteiger partial charge in [-0.15, -0.1) is 0 Å². The Hall–Kier alpha value is -1.65. The van der Waals surface area contributed by atoms with Crippen LogP contribution in [0.25, 0.3) is 0 Å². The number of halogens is 3. The van der Waals surface area contributed by atoms with Gasteiger partial charge in [0, 0.05) is 23.4 Å². The number of nitrogens with one attached hydrogen (secondary N) is 2. The van der Waals surface area contributed by atoms with Gasteiger partial charge in [0.05, 0.1) is 5.02 Å². The van der Waals surface area contributed by atoms with Crippen LogP contribution in [0, 0.1) is 18.6 Å². The van der Waals surface area contributed by atoms with E-state index in [4.69, 9.17) is 11.6 Å². The second-order valence-electron chi connectivity index (χ2n) is 4.10. The molecule has 2 aromatic rings. The van der Waals surface area contributed by atoms with Gasteiger partial charge in [0.15, 0.2) is 0 Å². The second-order valence-corrected chi connectivity index (χ2v) is 4.51. The largest absolute Gasteiger partial charge is 0.321 e. The van der Waals surface area contributed by atoms with Crippen molar-refractivity contribution in [3.63, 3.8) is 0 Å². The molecule has 0 saturated carbocycles. The molecule has 2 rings (SSSR count). The van der Waals surface area contributed by atoms with E-state index in [1.807, 2.05) is 30.3 Å². The summed E-state index contributed by atoms with van der Waals surface area (Å²) in [5.41, 5.74) is 6.82. The minimum Gasteiger partial charge on any atom is -0.321 e. The highest BCUT2D eigenvalue weighted by Crippen LogP contribution is 2.24. The second kappa shape index (κ2) is 5.99. The van der Waals surface area contributed by atoms with Crippen LogP contribution in [-0.4, -0.2) is 0 Å². The van der Waals surface area contributed by atoms with Gasteiger partial charge in [-0.1, -0.05) is 29.8 Å². The normalized spacial score (nSPS) is 10.5. The van der Waals surface area contributed by atoms with Gasteiger partial charge in [0.1, 0.15) is 11.6 Å². The third kappa shape index (κ3) is 3.22. The molecule has 0 aliphatic carbocycles. The molecule has 2 N–H and O–H groups in total. The maximum atomic E-state index is 13.9. The summed E-state index contributed by atoms with van der Waals surface area (Å²) in [6, 6.07) is 10.5. The lowest BCUT2D eigenvalue weighted by Gasteiger charge is -2.12. The van der Waals surface area contributed by atoms with E-state index >= 15 is 0 Å². The molecule has 0 amide bonds. The Labute approximate surface area is 115 Å². The Morgan fingerprint density at radius 3 is 2.53 bits per heavy atom.